The summed E-state index contributed by atoms with van der Waals surface area (Å²) < 4.78 is 18.9. The second-order valence-electron chi connectivity index (χ2n) is 11.4. The summed E-state index contributed by atoms with van der Waals surface area (Å²) in [5.74, 6) is -0.228. The maximum atomic E-state index is 14.1. The highest BCUT2D eigenvalue weighted by atomic mass is 32.1. The van der Waals surface area contributed by atoms with Gasteiger partial charge in [0.15, 0.2) is 0 Å². The zero-order valence-corrected chi connectivity index (χ0v) is 25.7. The van der Waals surface area contributed by atoms with E-state index in [1.54, 1.807) is 30.9 Å². The van der Waals surface area contributed by atoms with Crippen LogP contribution in [0, 0.1) is 5.92 Å². The Balaban J connectivity index is 1.22. The molecule has 2 aromatic rings. The minimum atomic E-state index is -1.36. The van der Waals surface area contributed by atoms with Crippen molar-refractivity contribution in [2.75, 3.05) is 33.3 Å². The van der Waals surface area contributed by atoms with Gasteiger partial charge in [-0.1, -0.05) is 48.6 Å². The van der Waals surface area contributed by atoms with Gasteiger partial charge >= 0.3 is 5.97 Å². The van der Waals surface area contributed by atoms with Crippen LogP contribution in [-0.2, 0) is 20.0 Å². The summed E-state index contributed by atoms with van der Waals surface area (Å²) in [6.07, 6.45) is 11.9. The van der Waals surface area contributed by atoms with Crippen LogP contribution in [0.1, 0.15) is 79.0 Å². The van der Waals surface area contributed by atoms with E-state index in [1.807, 2.05) is 59.7 Å². The molecule has 0 aliphatic carbocycles. The van der Waals surface area contributed by atoms with E-state index in [0.29, 0.717) is 50.3 Å². The molecular formula is C33H40FN3O4S. The number of halogens is 1. The van der Waals surface area contributed by atoms with Crippen LogP contribution in [0.15, 0.2) is 60.0 Å². The number of nitrogens with zero attached hydrogens (tertiary/aromatic N) is 3. The molecule has 7 nitrogen and oxygen atoms in total. The van der Waals surface area contributed by atoms with E-state index in [9.17, 15) is 18.8 Å². The Kier molecular flexibility index (Phi) is 10.5. The highest BCUT2D eigenvalue weighted by molar-refractivity contribution is 7.09. The van der Waals surface area contributed by atoms with E-state index in [2.05, 4.69) is 4.98 Å². The van der Waals surface area contributed by atoms with Gasteiger partial charge in [0.05, 0.1) is 18.0 Å². The monoisotopic (exact) mass is 593 g/mol. The number of ether oxygens (including phenoxy) is 1. The number of amides is 2. The van der Waals surface area contributed by atoms with Gasteiger partial charge in [0.2, 0.25) is 5.91 Å². The van der Waals surface area contributed by atoms with Gasteiger partial charge in [-0.25, -0.2) is 9.37 Å². The van der Waals surface area contributed by atoms with Crippen molar-refractivity contribution in [1.29, 1.82) is 0 Å². The molecule has 1 aromatic carbocycles. The summed E-state index contributed by atoms with van der Waals surface area (Å²) in [6, 6.07) is 7.46. The van der Waals surface area contributed by atoms with Gasteiger partial charge in [0.1, 0.15) is 11.4 Å². The molecule has 42 heavy (non-hydrogen) atoms. The molecule has 0 spiro atoms. The highest BCUT2D eigenvalue weighted by Crippen LogP contribution is 2.31. The van der Waals surface area contributed by atoms with Gasteiger partial charge in [-0.05, 0) is 63.2 Å². The van der Waals surface area contributed by atoms with Gasteiger partial charge in [0.25, 0.3) is 5.91 Å². The maximum absolute atomic E-state index is 14.1. The van der Waals surface area contributed by atoms with Crippen LogP contribution in [0.4, 0.5) is 4.39 Å². The molecule has 0 bridgehead atoms. The molecule has 0 N–H and O–H groups in total. The number of piperidine rings is 2. The Morgan fingerprint density at radius 3 is 2.24 bits per heavy atom. The lowest BCUT2D eigenvalue weighted by Crippen LogP contribution is -2.40. The van der Waals surface area contributed by atoms with Crippen molar-refractivity contribution in [2.45, 2.75) is 58.0 Å². The van der Waals surface area contributed by atoms with Crippen molar-refractivity contribution in [3.8, 4) is 0 Å². The lowest BCUT2D eigenvalue weighted by Gasteiger charge is -2.30. The quantitative estimate of drug-likeness (QED) is 0.204. The molecule has 2 aliphatic heterocycles. The number of likely N-dealkylation sites (tertiary alicyclic amines) is 2. The molecule has 2 saturated heterocycles. The molecule has 0 saturated carbocycles. The zero-order chi connectivity index (χ0) is 30.3. The number of allylic oxidation sites excluding steroid dienone is 5. The third-order valence-corrected chi connectivity index (χ3v) is 9.05. The minimum Gasteiger partial charge on any atom is -0.469 e. The van der Waals surface area contributed by atoms with E-state index in [0.717, 1.165) is 29.0 Å². The molecule has 224 valence electrons. The number of rotatable bonds is 8. The number of esters is 1. The number of alkyl halides is 1. The fraction of sp³-hybridized carbons (Fsp3) is 0.455. The fourth-order valence-corrected chi connectivity index (χ4v) is 6.27. The lowest BCUT2D eigenvalue weighted by atomic mass is 9.96. The summed E-state index contributed by atoms with van der Waals surface area (Å²) in [6.45, 7) is 7.43. The number of hydrogen-bond donors (Lipinski definition) is 0. The predicted octanol–water partition coefficient (Wildman–Crippen LogP) is 6.29. The Morgan fingerprint density at radius 1 is 0.976 bits per heavy atom. The minimum absolute atomic E-state index is 0.0198. The summed E-state index contributed by atoms with van der Waals surface area (Å²) >= 11 is 1.51. The average Bonchev–Trinajstić information content (AvgIpc) is 3.50. The highest BCUT2D eigenvalue weighted by Gasteiger charge is 2.30. The summed E-state index contributed by atoms with van der Waals surface area (Å²) in [4.78, 5) is 45.7. The lowest BCUT2D eigenvalue weighted by molar-refractivity contribution is -0.146. The Labute approximate surface area is 251 Å². The third-order valence-electron chi connectivity index (χ3n) is 8.05. The molecule has 0 atom stereocenters. The molecule has 9 heteroatoms. The van der Waals surface area contributed by atoms with Crippen molar-refractivity contribution in [1.82, 2.24) is 14.8 Å². The Hall–Kier alpha value is -3.59. The predicted molar refractivity (Wildman–Crippen MR) is 164 cm³/mol. The first-order valence-corrected chi connectivity index (χ1v) is 15.4. The Morgan fingerprint density at radius 2 is 1.62 bits per heavy atom. The average molecular weight is 594 g/mol. The van der Waals surface area contributed by atoms with Crippen LogP contribution < -0.4 is 0 Å². The molecule has 2 fully saturated rings. The van der Waals surface area contributed by atoms with Crippen LogP contribution in [0.2, 0.25) is 0 Å². The van der Waals surface area contributed by atoms with E-state index in [1.165, 1.54) is 18.4 Å². The van der Waals surface area contributed by atoms with Gasteiger partial charge in [-0.2, -0.15) is 0 Å². The second kappa shape index (κ2) is 14.1. The first-order valence-electron chi connectivity index (χ1n) is 14.5. The maximum Gasteiger partial charge on any atom is 0.308 e. The van der Waals surface area contributed by atoms with Gasteiger partial charge in [-0.15, -0.1) is 11.3 Å². The first-order chi connectivity index (χ1) is 20.1. The Bertz CT molecular complexity index is 1340. The van der Waals surface area contributed by atoms with E-state index < -0.39 is 5.67 Å². The smallest absolute Gasteiger partial charge is 0.308 e. The van der Waals surface area contributed by atoms with Crippen LogP contribution >= 0.6 is 11.3 Å². The summed E-state index contributed by atoms with van der Waals surface area (Å²) in [5.41, 5.74) is 1.82. The molecular weight excluding hydrogens is 553 g/mol. The number of methoxy groups -OCH3 is 1. The van der Waals surface area contributed by atoms with Crippen LogP contribution in [-0.4, -0.2) is 65.9 Å². The number of carbonyl (C=O) groups excluding carboxylic acids is 3. The van der Waals surface area contributed by atoms with Crippen LogP contribution in [0.3, 0.4) is 0 Å². The molecule has 2 amide bonds. The molecule has 0 radical (unpaired) electrons. The van der Waals surface area contributed by atoms with Gasteiger partial charge in [0, 0.05) is 43.6 Å². The molecule has 2 aliphatic rings. The van der Waals surface area contributed by atoms with Gasteiger partial charge < -0.3 is 14.5 Å². The van der Waals surface area contributed by atoms with Crippen molar-refractivity contribution < 1.29 is 23.5 Å². The van der Waals surface area contributed by atoms with Crippen molar-refractivity contribution >= 4 is 34.7 Å². The normalized spacial score (nSPS) is 17.8. The topological polar surface area (TPSA) is 79.8 Å². The first kappa shape index (κ1) is 31.3. The number of aromatic nitrogens is 1. The van der Waals surface area contributed by atoms with E-state index in [-0.39, 0.29) is 29.6 Å². The largest absolute Gasteiger partial charge is 0.469 e. The summed E-state index contributed by atoms with van der Waals surface area (Å²) in [5, 5.41) is 2.77. The van der Waals surface area contributed by atoms with Gasteiger partial charge in [-0.3, -0.25) is 14.4 Å². The number of carbonyl (C=O) groups is 3. The van der Waals surface area contributed by atoms with E-state index in [4.69, 9.17) is 4.74 Å². The van der Waals surface area contributed by atoms with Crippen molar-refractivity contribution in [2.24, 2.45) is 5.92 Å². The number of thiazole rings is 1. The molecule has 4 rings (SSSR count). The standard InChI is InChI=1S/C33H40FN3O4S/c1-23(24-10-12-27(13-11-24)33(2,3)34)8-6-5-7-9-29(38)36-18-14-25(15-19-36)30-35-28(22-42-30)31(39)37-20-16-26(17-21-37)32(40)41-4/h5-13,22,25-26H,14-21H2,1-4H3/b6-5-,9-7+,23-8+. The van der Waals surface area contributed by atoms with E-state index >= 15 is 0 Å². The fourth-order valence-electron chi connectivity index (χ4n) is 5.30. The van der Waals surface area contributed by atoms with Crippen molar-refractivity contribution in [3.63, 3.8) is 0 Å². The molecule has 1 aromatic heterocycles. The van der Waals surface area contributed by atoms with Crippen LogP contribution in [0.5, 0.6) is 0 Å². The van der Waals surface area contributed by atoms with Crippen LogP contribution in [0.25, 0.3) is 5.57 Å². The number of benzene rings is 1. The zero-order valence-electron chi connectivity index (χ0n) is 24.8. The summed E-state index contributed by atoms with van der Waals surface area (Å²) in [7, 11) is 1.40. The third kappa shape index (κ3) is 8.03. The SMILES string of the molecule is COC(=O)C1CCN(C(=O)c2csc(C3CCN(C(=O)/C=C/C=C\C=C(/C)c4ccc(C(C)(C)F)cc4)CC3)n2)CC1. The molecule has 0 unspecified atom stereocenters. The molecule has 3 heterocycles. The van der Waals surface area contributed by atoms with Crippen molar-refractivity contribution in [3.05, 3.63) is 81.9 Å². The second-order valence-corrected chi connectivity index (χ2v) is 12.3. The number of hydrogen-bond acceptors (Lipinski definition) is 6.